The number of ether oxygens (including phenoxy) is 2. The molecule has 2 aromatic rings. The van der Waals surface area contributed by atoms with Gasteiger partial charge < -0.3 is 14.8 Å². The monoisotopic (exact) mass is 367 g/mol. The standard InChI is InChI=1S/C16H18ClN3O3S/c1-9(2)5-14-19-20-16(24-14)18-13(21)8-10-6-11(17)15-12(7-10)22-3-4-23-15/h6-7,9H,3-5,8H2,1-2H3,(H,18,20,21). The maximum Gasteiger partial charge on any atom is 0.230 e. The summed E-state index contributed by atoms with van der Waals surface area (Å²) in [5.41, 5.74) is 0.758. The lowest BCUT2D eigenvalue weighted by Crippen LogP contribution is -2.17. The molecule has 0 aliphatic carbocycles. The normalized spacial score (nSPS) is 13.2. The number of rotatable bonds is 5. The largest absolute Gasteiger partial charge is 0.486 e. The van der Waals surface area contributed by atoms with Crippen LogP contribution in [0.15, 0.2) is 12.1 Å². The fourth-order valence-corrected chi connectivity index (χ4v) is 3.61. The average molecular weight is 368 g/mol. The number of amides is 1. The number of carbonyl (C=O) groups excluding carboxylic acids is 1. The molecule has 24 heavy (non-hydrogen) atoms. The Morgan fingerprint density at radius 3 is 2.92 bits per heavy atom. The van der Waals surface area contributed by atoms with Crippen LogP contribution in [0.5, 0.6) is 11.5 Å². The van der Waals surface area contributed by atoms with Crippen LogP contribution in [-0.2, 0) is 17.6 Å². The molecule has 1 aliphatic rings. The van der Waals surface area contributed by atoms with E-state index in [-0.39, 0.29) is 12.3 Å². The van der Waals surface area contributed by atoms with Crippen LogP contribution in [0.1, 0.15) is 24.4 Å². The van der Waals surface area contributed by atoms with Crippen molar-refractivity contribution >= 4 is 34.0 Å². The molecule has 8 heteroatoms. The minimum atomic E-state index is -0.171. The van der Waals surface area contributed by atoms with Crippen molar-refractivity contribution in [2.45, 2.75) is 26.7 Å². The van der Waals surface area contributed by atoms with Gasteiger partial charge in [0, 0.05) is 6.42 Å². The van der Waals surface area contributed by atoms with Crippen molar-refractivity contribution in [3.8, 4) is 11.5 Å². The molecule has 1 aliphatic heterocycles. The lowest BCUT2D eigenvalue weighted by molar-refractivity contribution is -0.115. The van der Waals surface area contributed by atoms with Gasteiger partial charge in [-0.3, -0.25) is 4.79 Å². The molecule has 1 aromatic carbocycles. The Hall–Kier alpha value is -1.86. The number of hydrogen-bond donors (Lipinski definition) is 1. The molecule has 3 rings (SSSR count). The van der Waals surface area contributed by atoms with Crippen LogP contribution in [-0.4, -0.2) is 29.3 Å². The molecular weight excluding hydrogens is 350 g/mol. The summed E-state index contributed by atoms with van der Waals surface area (Å²) in [7, 11) is 0. The van der Waals surface area contributed by atoms with Crippen molar-refractivity contribution in [2.24, 2.45) is 5.92 Å². The number of aromatic nitrogens is 2. The molecule has 0 radical (unpaired) electrons. The highest BCUT2D eigenvalue weighted by molar-refractivity contribution is 7.15. The van der Waals surface area contributed by atoms with E-state index in [0.717, 1.165) is 17.0 Å². The van der Waals surface area contributed by atoms with E-state index < -0.39 is 0 Å². The third-order valence-corrected chi connectivity index (χ3v) is 4.46. The van der Waals surface area contributed by atoms with Crippen LogP contribution in [0.2, 0.25) is 5.02 Å². The number of fused-ring (bicyclic) bond motifs is 1. The van der Waals surface area contributed by atoms with Crippen LogP contribution in [0, 0.1) is 5.92 Å². The molecule has 0 saturated carbocycles. The molecule has 0 atom stereocenters. The minimum Gasteiger partial charge on any atom is -0.486 e. The fraction of sp³-hybridized carbons (Fsp3) is 0.438. The smallest absolute Gasteiger partial charge is 0.230 e. The zero-order chi connectivity index (χ0) is 17.1. The Labute approximate surface area is 149 Å². The van der Waals surface area contributed by atoms with Gasteiger partial charge >= 0.3 is 0 Å². The van der Waals surface area contributed by atoms with Gasteiger partial charge in [0.1, 0.15) is 18.2 Å². The first kappa shape index (κ1) is 17.0. The quantitative estimate of drug-likeness (QED) is 0.877. The van der Waals surface area contributed by atoms with Crippen molar-refractivity contribution < 1.29 is 14.3 Å². The van der Waals surface area contributed by atoms with Crippen LogP contribution >= 0.6 is 22.9 Å². The third kappa shape index (κ3) is 4.15. The molecule has 0 unspecified atom stereocenters. The average Bonchev–Trinajstić information content (AvgIpc) is 2.93. The summed E-state index contributed by atoms with van der Waals surface area (Å²) in [6.45, 7) is 5.18. The van der Waals surface area contributed by atoms with Crippen molar-refractivity contribution in [1.82, 2.24) is 10.2 Å². The molecule has 0 saturated heterocycles. The van der Waals surface area contributed by atoms with Crippen molar-refractivity contribution in [1.29, 1.82) is 0 Å². The van der Waals surface area contributed by atoms with E-state index in [1.54, 1.807) is 12.1 Å². The third-order valence-electron chi connectivity index (χ3n) is 3.32. The highest BCUT2D eigenvalue weighted by atomic mass is 35.5. The summed E-state index contributed by atoms with van der Waals surface area (Å²) in [5, 5.41) is 12.7. The topological polar surface area (TPSA) is 73.3 Å². The van der Waals surface area contributed by atoms with Gasteiger partial charge in [0.15, 0.2) is 11.5 Å². The predicted molar refractivity (Wildman–Crippen MR) is 93.2 cm³/mol. The van der Waals surface area contributed by atoms with Crippen molar-refractivity contribution in [2.75, 3.05) is 18.5 Å². The number of halogens is 1. The van der Waals surface area contributed by atoms with E-state index in [0.29, 0.717) is 40.8 Å². The maximum atomic E-state index is 12.2. The number of anilines is 1. The summed E-state index contributed by atoms with van der Waals surface area (Å²) in [6, 6.07) is 3.50. The molecule has 0 fully saturated rings. The minimum absolute atomic E-state index is 0.171. The molecular formula is C16H18ClN3O3S. The Morgan fingerprint density at radius 2 is 2.12 bits per heavy atom. The summed E-state index contributed by atoms with van der Waals surface area (Å²) in [6.07, 6.45) is 1.03. The second kappa shape index (κ2) is 7.36. The van der Waals surface area contributed by atoms with E-state index in [2.05, 4.69) is 29.4 Å². The van der Waals surface area contributed by atoms with E-state index in [1.807, 2.05) is 0 Å². The molecule has 0 spiro atoms. The lowest BCUT2D eigenvalue weighted by atomic mass is 10.1. The zero-order valence-corrected chi connectivity index (χ0v) is 15.0. The summed E-state index contributed by atoms with van der Waals surface area (Å²) >= 11 is 7.59. The van der Waals surface area contributed by atoms with Gasteiger partial charge in [-0.1, -0.05) is 36.8 Å². The molecule has 128 valence electrons. The molecule has 1 aromatic heterocycles. The SMILES string of the molecule is CC(C)Cc1nnc(NC(=O)Cc2cc(Cl)c3c(c2)OCCO3)s1. The Balaban J connectivity index is 1.64. The van der Waals surface area contributed by atoms with E-state index in [4.69, 9.17) is 21.1 Å². The number of carbonyl (C=O) groups is 1. The fourth-order valence-electron chi connectivity index (χ4n) is 2.35. The maximum absolute atomic E-state index is 12.2. The van der Waals surface area contributed by atoms with Gasteiger partial charge in [-0.25, -0.2) is 0 Å². The number of nitrogens with zero attached hydrogens (tertiary/aromatic N) is 2. The van der Waals surface area contributed by atoms with E-state index in [9.17, 15) is 4.79 Å². The highest BCUT2D eigenvalue weighted by Crippen LogP contribution is 2.38. The summed E-state index contributed by atoms with van der Waals surface area (Å²) in [5.74, 6) is 1.44. The molecule has 2 heterocycles. The van der Waals surface area contributed by atoms with Gasteiger partial charge in [0.25, 0.3) is 0 Å². The molecule has 1 N–H and O–H groups in total. The van der Waals surface area contributed by atoms with Crippen LogP contribution in [0.4, 0.5) is 5.13 Å². The van der Waals surface area contributed by atoms with E-state index >= 15 is 0 Å². The predicted octanol–water partition coefficient (Wildman–Crippen LogP) is 3.34. The molecule has 0 bridgehead atoms. The van der Waals surface area contributed by atoms with Gasteiger partial charge in [-0.15, -0.1) is 10.2 Å². The summed E-state index contributed by atoms with van der Waals surface area (Å²) in [4.78, 5) is 12.2. The first-order chi connectivity index (χ1) is 11.5. The van der Waals surface area contributed by atoms with Crippen LogP contribution in [0.25, 0.3) is 0 Å². The van der Waals surface area contributed by atoms with Gasteiger partial charge in [0.05, 0.1) is 11.4 Å². The Morgan fingerprint density at radius 1 is 1.33 bits per heavy atom. The Kier molecular flexibility index (Phi) is 5.20. The van der Waals surface area contributed by atoms with E-state index in [1.165, 1.54) is 11.3 Å². The summed E-state index contributed by atoms with van der Waals surface area (Å²) < 4.78 is 11.0. The number of hydrogen-bond acceptors (Lipinski definition) is 6. The number of benzene rings is 1. The second-order valence-electron chi connectivity index (χ2n) is 5.93. The first-order valence-electron chi connectivity index (χ1n) is 7.71. The van der Waals surface area contributed by atoms with Crippen LogP contribution in [0.3, 0.4) is 0 Å². The molecule has 6 nitrogen and oxygen atoms in total. The van der Waals surface area contributed by atoms with Gasteiger partial charge in [-0.2, -0.15) is 0 Å². The van der Waals surface area contributed by atoms with Gasteiger partial charge in [0.2, 0.25) is 11.0 Å². The van der Waals surface area contributed by atoms with Crippen LogP contribution < -0.4 is 14.8 Å². The number of nitrogens with one attached hydrogen (secondary N) is 1. The van der Waals surface area contributed by atoms with Gasteiger partial charge in [-0.05, 0) is 23.6 Å². The molecule has 1 amide bonds. The van der Waals surface area contributed by atoms with Crippen molar-refractivity contribution in [3.63, 3.8) is 0 Å². The first-order valence-corrected chi connectivity index (χ1v) is 8.91. The Bertz CT molecular complexity index is 748. The van der Waals surface area contributed by atoms with Crippen molar-refractivity contribution in [3.05, 3.63) is 27.7 Å². The lowest BCUT2D eigenvalue weighted by Gasteiger charge is -2.20. The second-order valence-corrected chi connectivity index (χ2v) is 7.39. The zero-order valence-electron chi connectivity index (χ0n) is 13.5. The highest BCUT2D eigenvalue weighted by Gasteiger charge is 2.18.